The number of urea groups is 1. The van der Waals surface area contributed by atoms with Crippen molar-refractivity contribution in [2.24, 2.45) is 4.99 Å². The van der Waals surface area contributed by atoms with Gasteiger partial charge in [-0.15, -0.1) is 0 Å². The predicted octanol–water partition coefficient (Wildman–Crippen LogP) is 0.888. The Labute approximate surface area is 121 Å². The highest BCUT2D eigenvalue weighted by atomic mass is 32.2. The minimum atomic E-state index is -0.930. The SMILES string of the molecule is C=C(NC(=O)Nc1ccc2c(c1)B(O)OC2)SC=NC. The van der Waals surface area contributed by atoms with E-state index in [0.717, 1.165) is 5.56 Å². The number of aliphatic imine (C=N–C) groups is 1. The average molecular weight is 291 g/mol. The van der Waals surface area contributed by atoms with E-state index in [4.69, 9.17) is 4.65 Å². The molecule has 1 heterocycles. The van der Waals surface area contributed by atoms with Gasteiger partial charge in [0.15, 0.2) is 0 Å². The fourth-order valence-corrected chi connectivity index (χ4v) is 2.11. The molecule has 20 heavy (non-hydrogen) atoms. The van der Waals surface area contributed by atoms with Crippen molar-refractivity contribution in [3.8, 4) is 0 Å². The first-order chi connectivity index (χ1) is 9.60. The Balaban J connectivity index is 1.95. The van der Waals surface area contributed by atoms with Crippen molar-refractivity contribution < 1.29 is 14.5 Å². The Morgan fingerprint density at radius 1 is 1.65 bits per heavy atom. The van der Waals surface area contributed by atoms with Gasteiger partial charge in [-0.25, -0.2) is 4.79 Å². The second-order valence-corrected chi connectivity index (χ2v) is 5.00. The molecule has 104 valence electrons. The van der Waals surface area contributed by atoms with E-state index in [-0.39, 0.29) is 0 Å². The third-order valence-corrected chi connectivity index (χ3v) is 3.32. The molecule has 0 fully saturated rings. The van der Waals surface area contributed by atoms with Crippen LogP contribution in [-0.4, -0.2) is 30.8 Å². The Bertz CT molecular complexity index is 565. The van der Waals surface area contributed by atoms with Gasteiger partial charge in [-0.05, 0) is 23.2 Å². The Hall–Kier alpha value is -1.77. The molecule has 0 aromatic heterocycles. The number of carbonyl (C=O) groups excluding carboxylic acids is 1. The molecule has 3 N–H and O–H groups in total. The highest BCUT2D eigenvalue weighted by Gasteiger charge is 2.27. The van der Waals surface area contributed by atoms with Gasteiger partial charge in [0.1, 0.15) is 0 Å². The van der Waals surface area contributed by atoms with Gasteiger partial charge < -0.3 is 20.3 Å². The molecule has 0 radical (unpaired) electrons. The maximum atomic E-state index is 11.7. The lowest BCUT2D eigenvalue weighted by Gasteiger charge is -2.09. The van der Waals surface area contributed by atoms with Crippen LogP contribution in [0.4, 0.5) is 10.5 Å². The van der Waals surface area contributed by atoms with Gasteiger partial charge in [0.25, 0.3) is 0 Å². The molecular formula is C12H14BN3O3S. The van der Waals surface area contributed by atoms with Crippen molar-refractivity contribution in [1.29, 1.82) is 0 Å². The number of benzene rings is 1. The Morgan fingerprint density at radius 3 is 3.20 bits per heavy atom. The Kier molecular flexibility index (Phi) is 4.83. The predicted molar refractivity (Wildman–Crippen MR) is 82.1 cm³/mol. The Morgan fingerprint density at radius 2 is 2.45 bits per heavy atom. The van der Waals surface area contributed by atoms with Crippen LogP contribution >= 0.6 is 11.8 Å². The van der Waals surface area contributed by atoms with E-state index >= 15 is 0 Å². The summed E-state index contributed by atoms with van der Waals surface area (Å²) in [5.74, 6) is 0. The zero-order valence-electron chi connectivity index (χ0n) is 10.9. The smallest absolute Gasteiger partial charge is 0.423 e. The summed E-state index contributed by atoms with van der Waals surface area (Å²) in [7, 11) is 0.708. The van der Waals surface area contributed by atoms with E-state index in [9.17, 15) is 9.82 Å². The number of hydrogen-bond acceptors (Lipinski definition) is 5. The molecule has 2 rings (SSSR count). The van der Waals surface area contributed by atoms with E-state index in [1.807, 2.05) is 6.07 Å². The van der Waals surface area contributed by atoms with Gasteiger partial charge in [0.05, 0.1) is 17.2 Å². The lowest BCUT2D eigenvalue weighted by molar-refractivity contribution is 0.255. The minimum absolute atomic E-state index is 0.382. The van der Waals surface area contributed by atoms with E-state index in [1.165, 1.54) is 11.8 Å². The lowest BCUT2D eigenvalue weighted by atomic mass is 9.79. The van der Waals surface area contributed by atoms with Crippen molar-refractivity contribution in [3.63, 3.8) is 0 Å². The van der Waals surface area contributed by atoms with E-state index < -0.39 is 13.1 Å². The van der Waals surface area contributed by atoms with Crippen LogP contribution in [0.1, 0.15) is 5.56 Å². The van der Waals surface area contributed by atoms with E-state index in [1.54, 1.807) is 24.7 Å². The lowest BCUT2D eigenvalue weighted by Crippen LogP contribution is -2.30. The largest absolute Gasteiger partial charge is 0.491 e. The number of rotatable bonds is 4. The first-order valence-corrected chi connectivity index (χ1v) is 6.75. The third-order valence-electron chi connectivity index (χ3n) is 2.62. The van der Waals surface area contributed by atoms with Crippen LogP contribution in [0.25, 0.3) is 0 Å². The normalized spacial score (nSPS) is 13.4. The molecule has 6 nitrogen and oxygen atoms in total. The summed E-state index contributed by atoms with van der Waals surface area (Å²) in [6.45, 7) is 4.07. The van der Waals surface area contributed by atoms with Gasteiger partial charge >= 0.3 is 13.1 Å². The highest BCUT2D eigenvalue weighted by molar-refractivity contribution is 8.15. The average Bonchev–Trinajstić information content (AvgIpc) is 2.78. The number of anilines is 1. The van der Waals surface area contributed by atoms with Gasteiger partial charge in [0.2, 0.25) is 0 Å². The molecule has 2 amide bonds. The van der Waals surface area contributed by atoms with Crippen LogP contribution in [0, 0.1) is 0 Å². The summed E-state index contributed by atoms with van der Waals surface area (Å²) in [5.41, 5.74) is 3.75. The van der Waals surface area contributed by atoms with E-state index in [2.05, 4.69) is 22.2 Å². The zero-order valence-corrected chi connectivity index (χ0v) is 11.7. The quantitative estimate of drug-likeness (QED) is 0.437. The van der Waals surface area contributed by atoms with Crippen LogP contribution in [0.2, 0.25) is 0 Å². The molecule has 0 atom stereocenters. The van der Waals surface area contributed by atoms with Crippen LogP contribution in [0.3, 0.4) is 0 Å². The van der Waals surface area contributed by atoms with Crippen LogP contribution in [0.5, 0.6) is 0 Å². The minimum Gasteiger partial charge on any atom is -0.423 e. The standard InChI is InChI=1S/C12H14BN3O3S/c1-8(20-7-14-2)15-12(17)16-10-4-3-9-6-19-13(18)11(9)5-10/h3-5,7,18H,1,6H2,2H3,(H2,15,16,17). The first-order valence-electron chi connectivity index (χ1n) is 5.87. The maximum Gasteiger partial charge on any atom is 0.491 e. The van der Waals surface area contributed by atoms with Crippen molar-refractivity contribution in [2.45, 2.75) is 6.61 Å². The number of carbonyl (C=O) groups is 1. The number of nitrogens with one attached hydrogen (secondary N) is 2. The summed E-state index contributed by atoms with van der Waals surface area (Å²) in [5, 5.41) is 15.3. The summed E-state index contributed by atoms with van der Waals surface area (Å²) >= 11 is 1.22. The number of amides is 2. The molecule has 1 aliphatic rings. The van der Waals surface area contributed by atoms with Crippen LogP contribution in [0.15, 0.2) is 34.8 Å². The van der Waals surface area contributed by atoms with Gasteiger partial charge in [-0.2, -0.15) is 0 Å². The van der Waals surface area contributed by atoms with Crippen LogP contribution in [-0.2, 0) is 11.3 Å². The van der Waals surface area contributed by atoms with Crippen molar-refractivity contribution in [3.05, 3.63) is 35.4 Å². The first kappa shape index (κ1) is 14.6. The number of hydrogen-bond donors (Lipinski definition) is 3. The molecular weight excluding hydrogens is 277 g/mol. The molecule has 1 aliphatic heterocycles. The molecule has 0 spiro atoms. The number of nitrogens with zero attached hydrogens (tertiary/aromatic N) is 1. The fraction of sp³-hybridized carbons (Fsp3) is 0.167. The molecule has 8 heteroatoms. The second kappa shape index (κ2) is 6.60. The third kappa shape index (κ3) is 3.63. The van der Waals surface area contributed by atoms with Gasteiger partial charge in [-0.1, -0.05) is 24.4 Å². The van der Waals surface area contributed by atoms with Crippen LogP contribution < -0.4 is 16.1 Å². The van der Waals surface area contributed by atoms with E-state index in [0.29, 0.717) is 22.8 Å². The summed E-state index contributed by atoms with van der Waals surface area (Å²) < 4.78 is 5.09. The molecule has 1 aromatic carbocycles. The molecule has 0 aliphatic carbocycles. The number of thioether (sulfide) groups is 1. The summed E-state index contributed by atoms with van der Waals surface area (Å²) in [6, 6.07) is 4.86. The monoisotopic (exact) mass is 291 g/mol. The van der Waals surface area contributed by atoms with Crippen molar-refractivity contribution in [2.75, 3.05) is 12.4 Å². The molecule has 0 saturated heterocycles. The topological polar surface area (TPSA) is 83.0 Å². The summed E-state index contributed by atoms with van der Waals surface area (Å²) in [6.07, 6.45) is 0. The zero-order chi connectivity index (χ0) is 14.5. The molecule has 0 bridgehead atoms. The van der Waals surface area contributed by atoms with Gasteiger partial charge in [-0.3, -0.25) is 4.99 Å². The second-order valence-electron chi connectivity index (χ2n) is 4.06. The summed E-state index contributed by atoms with van der Waals surface area (Å²) in [4.78, 5) is 15.5. The van der Waals surface area contributed by atoms with Crippen molar-refractivity contribution in [1.82, 2.24) is 5.32 Å². The molecule has 0 unspecified atom stereocenters. The highest BCUT2D eigenvalue weighted by Crippen LogP contribution is 2.14. The van der Waals surface area contributed by atoms with Gasteiger partial charge in [0, 0.05) is 12.7 Å². The molecule has 0 saturated carbocycles. The van der Waals surface area contributed by atoms with Crippen molar-refractivity contribution >= 4 is 41.6 Å². The number of fused-ring (bicyclic) bond motifs is 1. The molecule has 1 aromatic rings. The maximum absolute atomic E-state index is 11.7. The fourth-order valence-electron chi connectivity index (χ4n) is 1.73.